The number of fused-ring (bicyclic) bond motifs is 1. The Bertz CT molecular complexity index is 544. The van der Waals surface area contributed by atoms with Crippen molar-refractivity contribution in [3.05, 3.63) is 0 Å². The summed E-state index contributed by atoms with van der Waals surface area (Å²) in [5.41, 5.74) is 0. The van der Waals surface area contributed by atoms with Crippen molar-refractivity contribution in [3.8, 4) is 0 Å². The molecule has 2 aliphatic carbocycles. The minimum atomic E-state index is -3.87. The lowest BCUT2D eigenvalue weighted by Gasteiger charge is -2.28. The van der Waals surface area contributed by atoms with Crippen LogP contribution < -0.4 is 0 Å². The van der Waals surface area contributed by atoms with Crippen molar-refractivity contribution in [1.82, 2.24) is 0 Å². The molecule has 1 heterocycles. The van der Waals surface area contributed by atoms with Crippen LogP contribution >= 0.6 is 22.6 Å². The van der Waals surface area contributed by atoms with E-state index in [9.17, 15) is 23.1 Å². The van der Waals surface area contributed by atoms with Crippen molar-refractivity contribution in [2.45, 2.75) is 23.9 Å². The normalized spacial score (nSPS) is 45.3. The number of carboxylic acids is 1. The predicted octanol–water partition coefficient (Wildman–Crippen LogP) is -0.219. The Morgan fingerprint density at radius 3 is 2.63 bits per heavy atom. The van der Waals surface area contributed by atoms with Crippen LogP contribution in [0.1, 0.15) is 6.42 Å². The van der Waals surface area contributed by atoms with Gasteiger partial charge in [0.2, 0.25) is 0 Å². The van der Waals surface area contributed by atoms with Crippen LogP contribution in [-0.2, 0) is 28.6 Å². The molecule has 0 aromatic carbocycles. The lowest BCUT2D eigenvalue weighted by atomic mass is 9.84. The highest BCUT2D eigenvalue weighted by atomic mass is 127. The third-order valence-electron chi connectivity index (χ3n) is 4.19. The second-order valence-electron chi connectivity index (χ2n) is 5.03. The number of ether oxygens (including phenoxy) is 1. The van der Waals surface area contributed by atoms with Gasteiger partial charge in [0.15, 0.2) is 0 Å². The average molecular weight is 402 g/mol. The van der Waals surface area contributed by atoms with Crippen molar-refractivity contribution in [2.24, 2.45) is 17.8 Å². The lowest BCUT2D eigenvalue weighted by molar-refractivity contribution is -0.159. The van der Waals surface area contributed by atoms with E-state index in [-0.39, 0.29) is 10.3 Å². The number of alkyl halides is 1. The maximum Gasteiger partial charge on any atom is 0.316 e. The molecule has 0 aromatic rings. The lowest BCUT2D eigenvalue weighted by Crippen LogP contribution is -2.45. The van der Waals surface area contributed by atoms with Crippen LogP contribution in [0.15, 0.2) is 0 Å². The molecule has 3 fully saturated rings. The Labute approximate surface area is 122 Å². The molecule has 3 rings (SSSR count). The zero-order valence-electron chi connectivity index (χ0n) is 9.56. The summed E-state index contributed by atoms with van der Waals surface area (Å²) in [4.78, 5) is 22.7. The molecule has 7 nitrogen and oxygen atoms in total. The molecule has 6 atom stereocenters. The van der Waals surface area contributed by atoms with Crippen molar-refractivity contribution < 1.29 is 32.0 Å². The predicted molar refractivity (Wildman–Crippen MR) is 69.1 cm³/mol. The third-order valence-corrected chi connectivity index (χ3v) is 6.61. The van der Waals surface area contributed by atoms with Gasteiger partial charge in [-0.1, -0.05) is 22.6 Å². The number of hydrogen-bond donors (Lipinski definition) is 1. The van der Waals surface area contributed by atoms with Gasteiger partial charge < -0.3 is 9.84 Å². The third kappa shape index (κ3) is 1.81. The molecule has 0 aromatic heterocycles. The first-order valence-corrected chi connectivity index (χ1v) is 8.77. The van der Waals surface area contributed by atoms with Crippen molar-refractivity contribution in [1.29, 1.82) is 0 Å². The first-order valence-electron chi connectivity index (χ1n) is 5.77. The Hall–Kier alpha value is -0.420. The van der Waals surface area contributed by atoms with E-state index >= 15 is 0 Å². The van der Waals surface area contributed by atoms with Gasteiger partial charge in [-0.2, -0.15) is 8.42 Å². The van der Waals surface area contributed by atoms with Gasteiger partial charge in [0.25, 0.3) is 10.1 Å². The molecule has 106 valence electrons. The van der Waals surface area contributed by atoms with Crippen LogP contribution in [0.4, 0.5) is 0 Å². The van der Waals surface area contributed by atoms with Crippen LogP contribution in [0.5, 0.6) is 0 Å². The Kier molecular flexibility index (Phi) is 3.06. The second kappa shape index (κ2) is 4.29. The summed E-state index contributed by atoms with van der Waals surface area (Å²) in [5, 5.41) is 8.24. The van der Waals surface area contributed by atoms with E-state index in [1.165, 1.54) is 0 Å². The largest absolute Gasteiger partial charge is 0.481 e. The monoisotopic (exact) mass is 402 g/mol. The molecule has 2 saturated carbocycles. The van der Waals surface area contributed by atoms with Gasteiger partial charge in [0.1, 0.15) is 17.5 Å². The van der Waals surface area contributed by atoms with Crippen LogP contribution in [0.3, 0.4) is 0 Å². The van der Waals surface area contributed by atoms with Crippen molar-refractivity contribution in [3.63, 3.8) is 0 Å². The van der Waals surface area contributed by atoms with Gasteiger partial charge in [0, 0.05) is 11.8 Å². The molecular formula is C10H11IO7S. The maximum atomic E-state index is 11.9. The smallest absolute Gasteiger partial charge is 0.316 e. The molecule has 19 heavy (non-hydrogen) atoms. The van der Waals surface area contributed by atoms with Gasteiger partial charge >= 0.3 is 11.9 Å². The molecule has 2 bridgehead atoms. The van der Waals surface area contributed by atoms with Crippen molar-refractivity contribution >= 4 is 44.6 Å². The highest BCUT2D eigenvalue weighted by Gasteiger charge is 2.71. The zero-order valence-corrected chi connectivity index (χ0v) is 12.5. The SMILES string of the molecule is O=C(CI)OC1C2CC3C1OS(=O)(=O)C3C2C(=O)O. The van der Waals surface area contributed by atoms with E-state index < -0.39 is 51.4 Å². The summed E-state index contributed by atoms with van der Waals surface area (Å²) in [6.45, 7) is 0. The van der Waals surface area contributed by atoms with Crippen LogP contribution in [0, 0.1) is 17.8 Å². The average Bonchev–Trinajstić information content (AvgIpc) is 2.90. The fraction of sp³-hybridized carbons (Fsp3) is 0.800. The Morgan fingerprint density at radius 1 is 1.37 bits per heavy atom. The van der Waals surface area contributed by atoms with Gasteiger partial charge in [-0.25, -0.2) is 0 Å². The number of carbonyl (C=O) groups is 2. The minimum absolute atomic E-state index is 0.131. The van der Waals surface area contributed by atoms with Gasteiger partial charge in [-0.15, -0.1) is 0 Å². The molecule has 1 aliphatic heterocycles. The number of carbonyl (C=O) groups excluding carboxylic acids is 1. The van der Waals surface area contributed by atoms with E-state index in [1.807, 2.05) is 22.6 Å². The van der Waals surface area contributed by atoms with Gasteiger partial charge in [0.05, 0.1) is 10.3 Å². The zero-order chi connectivity index (χ0) is 13.9. The fourth-order valence-corrected chi connectivity index (χ4v) is 5.89. The van der Waals surface area contributed by atoms with E-state index in [2.05, 4.69) is 0 Å². The molecule has 1 saturated heterocycles. The van der Waals surface area contributed by atoms with Gasteiger partial charge in [-0.3, -0.25) is 13.8 Å². The first kappa shape index (κ1) is 13.6. The number of esters is 1. The fourth-order valence-electron chi connectivity index (χ4n) is 3.65. The summed E-state index contributed by atoms with van der Waals surface area (Å²) in [6.07, 6.45) is -1.05. The molecule has 0 amide bonds. The molecule has 6 unspecified atom stereocenters. The topological polar surface area (TPSA) is 107 Å². The second-order valence-corrected chi connectivity index (χ2v) is 7.52. The molecule has 0 spiro atoms. The van der Waals surface area contributed by atoms with Crippen molar-refractivity contribution in [2.75, 3.05) is 4.43 Å². The summed E-state index contributed by atoms with van der Waals surface area (Å²) in [7, 11) is -3.87. The molecular weight excluding hydrogens is 391 g/mol. The standard InChI is InChI=1S/C10H11IO7S/c11-2-5(12)17-7-3-1-4-8(7)18-19(15,16)9(4)6(3)10(13)14/h3-4,6-9H,1-2H2,(H,13,14). The Balaban J connectivity index is 1.96. The summed E-state index contributed by atoms with van der Waals surface area (Å²) in [5.74, 6) is -3.53. The molecule has 9 heteroatoms. The van der Waals surface area contributed by atoms with E-state index in [0.717, 1.165) is 0 Å². The highest BCUT2D eigenvalue weighted by Crippen LogP contribution is 2.58. The maximum absolute atomic E-state index is 11.9. The van der Waals surface area contributed by atoms with E-state index in [4.69, 9.17) is 8.92 Å². The summed E-state index contributed by atoms with van der Waals surface area (Å²) < 4.78 is 34.1. The summed E-state index contributed by atoms with van der Waals surface area (Å²) >= 11 is 1.84. The molecule has 0 radical (unpaired) electrons. The summed E-state index contributed by atoms with van der Waals surface area (Å²) in [6, 6.07) is 0. The van der Waals surface area contributed by atoms with Gasteiger partial charge in [-0.05, 0) is 6.42 Å². The molecule has 3 aliphatic rings. The number of aliphatic carboxylic acids is 1. The molecule has 1 N–H and O–H groups in total. The van der Waals surface area contributed by atoms with E-state index in [0.29, 0.717) is 6.42 Å². The number of rotatable bonds is 3. The highest BCUT2D eigenvalue weighted by molar-refractivity contribution is 14.1. The Morgan fingerprint density at radius 2 is 2.05 bits per heavy atom. The number of halogens is 1. The number of carboxylic acid groups (broad SMARTS) is 1. The number of hydrogen-bond acceptors (Lipinski definition) is 6. The van der Waals surface area contributed by atoms with Crippen LogP contribution in [0.25, 0.3) is 0 Å². The quantitative estimate of drug-likeness (QED) is 0.301. The van der Waals surface area contributed by atoms with E-state index in [1.54, 1.807) is 0 Å². The minimum Gasteiger partial charge on any atom is -0.481 e. The first-order chi connectivity index (χ1) is 8.86. The van der Waals surface area contributed by atoms with Crippen LogP contribution in [0.2, 0.25) is 0 Å². The van der Waals surface area contributed by atoms with Crippen LogP contribution in [-0.4, -0.2) is 47.3 Å².